The number of allylic oxidation sites excluding steroid dienone is 1. The van der Waals surface area contributed by atoms with Crippen molar-refractivity contribution >= 4 is 23.5 Å². The van der Waals surface area contributed by atoms with Crippen LogP contribution in [0.15, 0.2) is 48.6 Å². The Kier molecular flexibility index (Phi) is 9.93. The molecule has 9 nitrogen and oxygen atoms in total. The molecule has 226 valence electrons. The van der Waals surface area contributed by atoms with Crippen LogP contribution in [0.1, 0.15) is 79.3 Å². The first-order valence-electron chi connectivity index (χ1n) is 14.7. The number of hydrogen-bond donors (Lipinski definition) is 0. The zero-order valence-corrected chi connectivity index (χ0v) is 25.6. The molecule has 1 fully saturated rings. The van der Waals surface area contributed by atoms with Gasteiger partial charge in [0.05, 0.1) is 37.1 Å². The van der Waals surface area contributed by atoms with Crippen molar-refractivity contribution in [2.24, 2.45) is 0 Å². The summed E-state index contributed by atoms with van der Waals surface area (Å²) in [5, 5.41) is 0. The molecule has 0 unspecified atom stereocenters. The second-order valence-electron chi connectivity index (χ2n) is 11.6. The number of amides is 2. The van der Waals surface area contributed by atoms with Crippen molar-refractivity contribution in [3.8, 4) is 11.5 Å². The molecular formula is C33H43N3O6. The van der Waals surface area contributed by atoms with Gasteiger partial charge in [-0.3, -0.25) is 14.5 Å². The molecule has 0 aromatic heterocycles. The number of unbranched alkanes of at least 4 members (excludes halogenated alkanes) is 1. The fraction of sp³-hybridized carbons (Fsp3) is 0.485. The van der Waals surface area contributed by atoms with Crippen LogP contribution < -0.4 is 14.4 Å². The molecule has 4 rings (SSSR count). The van der Waals surface area contributed by atoms with Gasteiger partial charge < -0.3 is 24.0 Å². The standard InChI is InChI=1S/C33H43N3O6/c1-7-34-18-20-35(21-19-34)26-14-11-12-24-30(26)32(39)36(31(24)38)25(23-16-17-27(40-5)28(22-23)41-6)13-9-8-10-15-29(37)42-33(2,3)4/h10-12,14-17,22,25H,7-9,13,18-21H2,1-6H3/b15-10-/t25-/m1/s1. The smallest absolute Gasteiger partial charge is 0.330 e. The Morgan fingerprint density at radius 2 is 1.69 bits per heavy atom. The first-order valence-corrected chi connectivity index (χ1v) is 14.7. The van der Waals surface area contributed by atoms with Crippen molar-refractivity contribution in [3.05, 3.63) is 65.2 Å². The van der Waals surface area contributed by atoms with E-state index in [-0.39, 0.29) is 11.8 Å². The van der Waals surface area contributed by atoms with E-state index in [2.05, 4.69) is 16.7 Å². The van der Waals surface area contributed by atoms with E-state index in [1.54, 1.807) is 32.4 Å². The Morgan fingerprint density at radius 1 is 0.976 bits per heavy atom. The summed E-state index contributed by atoms with van der Waals surface area (Å²) in [6, 6.07) is 10.5. The van der Waals surface area contributed by atoms with E-state index in [1.165, 1.54) is 11.0 Å². The number of benzene rings is 2. The zero-order chi connectivity index (χ0) is 30.4. The summed E-state index contributed by atoms with van der Waals surface area (Å²) >= 11 is 0. The van der Waals surface area contributed by atoms with Crippen LogP contribution in [0.3, 0.4) is 0 Å². The lowest BCUT2D eigenvalue weighted by Gasteiger charge is -2.36. The number of piperazine rings is 1. The van der Waals surface area contributed by atoms with Crippen LogP contribution in [0.5, 0.6) is 11.5 Å². The second kappa shape index (κ2) is 13.4. The van der Waals surface area contributed by atoms with Gasteiger partial charge in [-0.05, 0) is 76.4 Å². The van der Waals surface area contributed by atoms with Gasteiger partial charge in [0.15, 0.2) is 11.5 Å². The number of hydrogen-bond acceptors (Lipinski definition) is 8. The monoisotopic (exact) mass is 577 g/mol. The van der Waals surface area contributed by atoms with Crippen LogP contribution >= 0.6 is 0 Å². The van der Waals surface area contributed by atoms with Crippen molar-refractivity contribution in [3.63, 3.8) is 0 Å². The fourth-order valence-electron chi connectivity index (χ4n) is 5.59. The zero-order valence-electron chi connectivity index (χ0n) is 25.6. The summed E-state index contributed by atoms with van der Waals surface area (Å²) in [6.07, 6.45) is 4.93. The van der Waals surface area contributed by atoms with Gasteiger partial charge in [0.25, 0.3) is 11.8 Å². The number of rotatable bonds is 11. The topological polar surface area (TPSA) is 88.6 Å². The number of likely N-dealkylation sites (N-methyl/N-ethyl adjacent to an activating group) is 1. The Bertz CT molecular complexity index is 1320. The van der Waals surface area contributed by atoms with E-state index in [0.717, 1.165) is 44.0 Å². The number of methoxy groups -OCH3 is 2. The lowest BCUT2D eigenvalue weighted by Crippen LogP contribution is -2.46. The molecule has 0 radical (unpaired) electrons. The molecule has 0 spiro atoms. The molecule has 2 heterocycles. The van der Waals surface area contributed by atoms with E-state index in [0.29, 0.717) is 41.9 Å². The third-order valence-electron chi connectivity index (χ3n) is 7.70. The van der Waals surface area contributed by atoms with Crippen LogP contribution in [-0.4, -0.2) is 80.1 Å². The number of esters is 1. The summed E-state index contributed by atoms with van der Waals surface area (Å²) in [7, 11) is 3.13. The van der Waals surface area contributed by atoms with Gasteiger partial charge in [0.1, 0.15) is 5.60 Å². The Morgan fingerprint density at radius 3 is 2.33 bits per heavy atom. The molecule has 9 heteroatoms. The average Bonchev–Trinajstić information content (AvgIpc) is 3.23. The summed E-state index contributed by atoms with van der Waals surface area (Å²) in [4.78, 5) is 46.1. The van der Waals surface area contributed by atoms with Gasteiger partial charge in [0, 0.05) is 32.3 Å². The summed E-state index contributed by atoms with van der Waals surface area (Å²) in [5.41, 5.74) is 1.94. The van der Waals surface area contributed by atoms with Crippen molar-refractivity contribution in [2.45, 2.75) is 58.6 Å². The highest BCUT2D eigenvalue weighted by molar-refractivity contribution is 6.24. The molecule has 0 bridgehead atoms. The highest BCUT2D eigenvalue weighted by Gasteiger charge is 2.43. The van der Waals surface area contributed by atoms with Crippen LogP contribution in [0.25, 0.3) is 0 Å². The first-order chi connectivity index (χ1) is 20.1. The Labute approximate surface area is 249 Å². The minimum Gasteiger partial charge on any atom is -0.493 e. The van der Waals surface area contributed by atoms with E-state index in [4.69, 9.17) is 14.2 Å². The van der Waals surface area contributed by atoms with E-state index in [1.807, 2.05) is 45.0 Å². The third-order valence-corrected chi connectivity index (χ3v) is 7.70. The molecule has 1 atom stereocenters. The van der Waals surface area contributed by atoms with Crippen LogP contribution in [0.4, 0.5) is 5.69 Å². The first kappa shape index (κ1) is 31.1. The van der Waals surface area contributed by atoms with Crippen molar-refractivity contribution < 1.29 is 28.6 Å². The number of carbonyl (C=O) groups is 3. The molecule has 0 saturated carbocycles. The molecule has 2 aliphatic rings. The average molecular weight is 578 g/mol. The van der Waals surface area contributed by atoms with Crippen LogP contribution in [-0.2, 0) is 9.53 Å². The largest absolute Gasteiger partial charge is 0.493 e. The number of fused-ring (bicyclic) bond motifs is 1. The summed E-state index contributed by atoms with van der Waals surface area (Å²) < 4.78 is 16.3. The molecule has 1 saturated heterocycles. The fourth-order valence-corrected chi connectivity index (χ4v) is 5.59. The second-order valence-corrected chi connectivity index (χ2v) is 11.6. The Hall–Kier alpha value is -3.85. The number of carbonyl (C=O) groups excluding carboxylic acids is 3. The predicted molar refractivity (Wildman–Crippen MR) is 162 cm³/mol. The molecule has 2 aliphatic heterocycles. The number of imide groups is 1. The maximum absolute atomic E-state index is 14.1. The molecular weight excluding hydrogens is 534 g/mol. The molecule has 2 aromatic carbocycles. The lowest BCUT2D eigenvalue weighted by atomic mass is 9.98. The quantitative estimate of drug-likeness (QED) is 0.155. The SMILES string of the molecule is CCN1CCN(c2cccc3c2C(=O)N([C@H](CCC/C=C\C(=O)OC(C)(C)C)c2ccc(OC)c(OC)c2)C3=O)CC1. The van der Waals surface area contributed by atoms with Gasteiger partial charge in [-0.2, -0.15) is 0 Å². The summed E-state index contributed by atoms with van der Waals surface area (Å²) in [5.74, 6) is 0.111. The highest BCUT2D eigenvalue weighted by atomic mass is 16.6. The van der Waals surface area contributed by atoms with Crippen molar-refractivity contribution in [1.82, 2.24) is 9.80 Å². The van der Waals surface area contributed by atoms with Gasteiger partial charge >= 0.3 is 5.97 Å². The van der Waals surface area contributed by atoms with Crippen molar-refractivity contribution in [2.75, 3.05) is 51.8 Å². The number of anilines is 1. The minimum atomic E-state index is -0.562. The molecule has 0 aliphatic carbocycles. The van der Waals surface area contributed by atoms with E-state index >= 15 is 0 Å². The number of nitrogens with zero attached hydrogens (tertiary/aromatic N) is 3. The van der Waals surface area contributed by atoms with Crippen LogP contribution in [0, 0.1) is 0 Å². The lowest BCUT2D eigenvalue weighted by molar-refractivity contribution is -0.148. The number of ether oxygens (including phenoxy) is 3. The Balaban J connectivity index is 1.61. The van der Waals surface area contributed by atoms with Crippen molar-refractivity contribution in [1.29, 1.82) is 0 Å². The molecule has 42 heavy (non-hydrogen) atoms. The van der Waals surface area contributed by atoms with Gasteiger partial charge in [-0.1, -0.05) is 25.1 Å². The van der Waals surface area contributed by atoms with Crippen LogP contribution in [0.2, 0.25) is 0 Å². The minimum absolute atomic E-state index is 0.285. The maximum Gasteiger partial charge on any atom is 0.330 e. The van der Waals surface area contributed by atoms with E-state index in [9.17, 15) is 14.4 Å². The third kappa shape index (κ3) is 6.95. The van der Waals surface area contributed by atoms with Gasteiger partial charge in [0.2, 0.25) is 0 Å². The van der Waals surface area contributed by atoms with E-state index < -0.39 is 17.6 Å². The predicted octanol–water partition coefficient (Wildman–Crippen LogP) is 5.25. The summed E-state index contributed by atoms with van der Waals surface area (Å²) in [6.45, 7) is 12.0. The van der Waals surface area contributed by atoms with Gasteiger partial charge in [-0.15, -0.1) is 0 Å². The maximum atomic E-state index is 14.1. The molecule has 2 aromatic rings. The highest BCUT2D eigenvalue weighted by Crippen LogP contribution is 2.40. The van der Waals surface area contributed by atoms with Gasteiger partial charge in [-0.25, -0.2) is 4.79 Å². The molecule has 2 amide bonds. The molecule has 0 N–H and O–H groups in total. The normalized spacial score (nSPS) is 16.6.